The van der Waals surface area contributed by atoms with Gasteiger partial charge in [-0.2, -0.15) is 4.98 Å². The summed E-state index contributed by atoms with van der Waals surface area (Å²) in [6, 6.07) is 9.22. The summed E-state index contributed by atoms with van der Waals surface area (Å²) in [4.78, 5) is 20.1. The standard InChI is InChI=1S/C19H23N5O2/c25-24(26)17-8-4-1-5-14(17)12-20-18-11-16(13-9-10-13)22-19(23-18)21-15-6-2-3-7-15/h1,4-5,8,11,13,15H,2-3,6-7,9-10,12H2,(H2,20,21,22,23). The van der Waals surface area contributed by atoms with Crippen molar-refractivity contribution < 1.29 is 4.92 Å². The molecule has 0 saturated heterocycles. The van der Waals surface area contributed by atoms with Gasteiger partial charge in [0.2, 0.25) is 5.95 Å². The van der Waals surface area contributed by atoms with E-state index in [0.29, 0.717) is 30.0 Å². The van der Waals surface area contributed by atoms with Crippen LogP contribution in [0.4, 0.5) is 17.5 Å². The Morgan fingerprint density at radius 1 is 1.12 bits per heavy atom. The minimum atomic E-state index is -0.348. The Balaban J connectivity index is 1.52. The Kier molecular flexibility index (Phi) is 4.69. The number of nitrogens with zero attached hydrogens (tertiary/aromatic N) is 3. The molecule has 2 aromatic rings. The van der Waals surface area contributed by atoms with Crippen LogP contribution in [0.2, 0.25) is 0 Å². The second-order valence-electron chi connectivity index (χ2n) is 7.14. The normalized spacial score (nSPS) is 17.2. The molecule has 7 nitrogen and oxygen atoms in total. The zero-order valence-electron chi connectivity index (χ0n) is 14.6. The lowest BCUT2D eigenvalue weighted by Gasteiger charge is -2.15. The van der Waals surface area contributed by atoms with Crippen molar-refractivity contribution >= 4 is 17.5 Å². The highest BCUT2D eigenvalue weighted by Gasteiger charge is 2.27. The second-order valence-corrected chi connectivity index (χ2v) is 7.14. The number of nitro groups is 1. The molecule has 1 aromatic carbocycles. The maximum absolute atomic E-state index is 11.2. The minimum absolute atomic E-state index is 0.126. The number of anilines is 2. The van der Waals surface area contributed by atoms with Crippen LogP contribution in [0.25, 0.3) is 0 Å². The molecule has 2 aliphatic rings. The van der Waals surface area contributed by atoms with Gasteiger partial charge >= 0.3 is 0 Å². The van der Waals surface area contributed by atoms with Gasteiger partial charge in [-0.3, -0.25) is 10.1 Å². The Labute approximate surface area is 152 Å². The summed E-state index contributed by atoms with van der Waals surface area (Å²) in [5, 5.41) is 17.9. The van der Waals surface area contributed by atoms with Gasteiger partial charge in [-0.05, 0) is 25.7 Å². The molecule has 0 bridgehead atoms. The molecular weight excluding hydrogens is 330 g/mol. The van der Waals surface area contributed by atoms with Crippen LogP contribution in [0.5, 0.6) is 0 Å². The lowest BCUT2D eigenvalue weighted by Crippen LogP contribution is -2.18. The van der Waals surface area contributed by atoms with Gasteiger partial charge in [-0.25, -0.2) is 4.98 Å². The van der Waals surface area contributed by atoms with Gasteiger partial charge in [0.05, 0.1) is 10.6 Å². The van der Waals surface area contributed by atoms with E-state index in [1.54, 1.807) is 12.1 Å². The van der Waals surface area contributed by atoms with Gasteiger partial charge < -0.3 is 10.6 Å². The van der Waals surface area contributed by atoms with Crippen molar-refractivity contribution in [2.75, 3.05) is 10.6 Å². The molecule has 26 heavy (non-hydrogen) atoms. The molecule has 0 spiro atoms. The molecule has 2 N–H and O–H groups in total. The zero-order chi connectivity index (χ0) is 17.9. The summed E-state index contributed by atoms with van der Waals surface area (Å²) < 4.78 is 0. The third-order valence-corrected chi connectivity index (χ3v) is 5.08. The number of benzene rings is 1. The molecular formula is C19H23N5O2. The summed E-state index contributed by atoms with van der Waals surface area (Å²) in [5.41, 5.74) is 1.83. The smallest absolute Gasteiger partial charge is 0.274 e. The summed E-state index contributed by atoms with van der Waals surface area (Å²) in [6.45, 7) is 0.362. The average molecular weight is 353 g/mol. The molecule has 4 rings (SSSR count). The minimum Gasteiger partial charge on any atom is -0.366 e. The molecule has 0 aliphatic heterocycles. The van der Waals surface area contributed by atoms with Crippen LogP contribution in [0.1, 0.15) is 55.7 Å². The van der Waals surface area contributed by atoms with E-state index >= 15 is 0 Å². The van der Waals surface area contributed by atoms with Crippen molar-refractivity contribution in [2.45, 2.75) is 57.0 Å². The zero-order valence-corrected chi connectivity index (χ0v) is 14.6. The molecule has 1 heterocycles. The van der Waals surface area contributed by atoms with Crippen molar-refractivity contribution in [1.82, 2.24) is 9.97 Å². The lowest BCUT2D eigenvalue weighted by atomic mass is 10.2. The second kappa shape index (κ2) is 7.27. The van der Waals surface area contributed by atoms with Crippen molar-refractivity contribution in [3.63, 3.8) is 0 Å². The van der Waals surface area contributed by atoms with Crippen LogP contribution >= 0.6 is 0 Å². The topological polar surface area (TPSA) is 93.0 Å². The SMILES string of the molecule is O=[N+]([O-])c1ccccc1CNc1cc(C2CC2)nc(NC2CCCC2)n1. The lowest BCUT2D eigenvalue weighted by molar-refractivity contribution is -0.385. The summed E-state index contributed by atoms with van der Waals surface area (Å²) in [5.74, 6) is 1.92. The van der Waals surface area contributed by atoms with Crippen molar-refractivity contribution in [3.8, 4) is 0 Å². The summed E-state index contributed by atoms with van der Waals surface area (Å²) in [7, 11) is 0. The molecule has 2 saturated carbocycles. The molecule has 7 heteroatoms. The van der Waals surface area contributed by atoms with Crippen molar-refractivity contribution in [2.24, 2.45) is 0 Å². The van der Waals surface area contributed by atoms with E-state index in [1.807, 2.05) is 12.1 Å². The van der Waals surface area contributed by atoms with Gasteiger partial charge in [0.15, 0.2) is 0 Å². The van der Waals surface area contributed by atoms with Crippen LogP contribution < -0.4 is 10.6 Å². The number of nitrogens with one attached hydrogen (secondary N) is 2. The fourth-order valence-corrected chi connectivity index (χ4v) is 3.49. The molecule has 2 aliphatic carbocycles. The quantitative estimate of drug-likeness (QED) is 0.571. The number of hydrogen-bond acceptors (Lipinski definition) is 6. The predicted molar refractivity (Wildman–Crippen MR) is 100 cm³/mol. The highest BCUT2D eigenvalue weighted by atomic mass is 16.6. The largest absolute Gasteiger partial charge is 0.366 e. The molecule has 1 aromatic heterocycles. The van der Waals surface area contributed by atoms with Crippen LogP contribution in [0, 0.1) is 10.1 Å². The first-order valence-corrected chi connectivity index (χ1v) is 9.31. The third-order valence-electron chi connectivity index (χ3n) is 5.08. The van der Waals surface area contributed by atoms with Crippen LogP contribution in [-0.4, -0.2) is 20.9 Å². The predicted octanol–water partition coefficient (Wildman–Crippen LogP) is 4.23. The highest BCUT2D eigenvalue weighted by Crippen LogP contribution is 2.40. The van der Waals surface area contributed by atoms with Gasteiger partial charge in [-0.15, -0.1) is 0 Å². The first-order chi connectivity index (χ1) is 12.7. The van der Waals surface area contributed by atoms with Crippen LogP contribution in [-0.2, 0) is 6.54 Å². The maximum Gasteiger partial charge on any atom is 0.274 e. The Bertz CT molecular complexity index is 800. The van der Waals surface area contributed by atoms with Gasteiger partial charge in [0.25, 0.3) is 5.69 Å². The molecule has 136 valence electrons. The van der Waals surface area contributed by atoms with Crippen molar-refractivity contribution in [3.05, 3.63) is 51.7 Å². The summed E-state index contributed by atoms with van der Waals surface area (Å²) >= 11 is 0. The number of rotatable bonds is 7. The van der Waals surface area contributed by atoms with E-state index in [0.717, 1.165) is 24.4 Å². The number of hydrogen-bond donors (Lipinski definition) is 2. The fraction of sp³-hybridized carbons (Fsp3) is 0.474. The van der Waals surface area contributed by atoms with Gasteiger partial charge in [0, 0.05) is 36.2 Å². The van der Waals surface area contributed by atoms with E-state index in [4.69, 9.17) is 0 Å². The first kappa shape index (κ1) is 16.8. The van der Waals surface area contributed by atoms with Crippen LogP contribution in [0.15, 0.2) is 30.3 Å². The molecule has 0 atom stereocenters. The third kappa shape index (κ3) is 3.92. The number of nitro benzene ring substituents is 1. The van der Waals surface area contributed by atoms with E-state index < -0.39 is 0 Å². The molecule has 0 amide bonds. The monoisotopic (exact) mass is 353 g/mol. The molecule has 0 unspecified atom stereocenters. The van der Waals surface area contributed by atoms with Crippen molar-refractivity contribution in [1.29, 1.82) is 0 Å². The van der Waals surface area contributed by atoms with E-state index in [1.165, 1.54) is 31.7 Å². The Morgan fingerprint density at radius 3 is 2.62 bits per heavy atom. The average Bonchev–Trinajstić information content (AvgIpc) is 3.38. The van der Waals surface area contributed by atoms with E-state index in [2.05, 4.69) is 20.6 Å². The van der Waals surface area contributed by atoms with Gasteiger partial charge in [-0.1, -0.05) is 31.0 Å². The fourth-order valence-electron chi connectivity index (χ4n) is 3.49. The molecule has 0 radical (unpaired) electrons. The Morgan fingerprint density at radius 2 is 1.88 bits per heavy atom. The number of aromatic nitrogens is 2. The summed E-state index contributed by atoms with van der Waals surface area (Å²) in [6.07, 6.45) is 7.17. The van der Waals surface area contributed by atoms with E-state index in [-0.39, 0.29) is 10.6 Å². The maximum atomic E-state index is 11.2. The molecule has 2 fully saturated rings. The first-order valence-electron chi connectivity index (χ1n) is 9.31. The number of para-hydroxylation sites is 1. The van der Waals surface area contributed by atoms with Crippen LogP contribution in [0.3, 0.4) is 0 Å². The highest BCUT2D eigenvalue weighted by molar-refractivity contribution is 5.47. The van der Waals surface area contributed by atoms with Gasteiger partial charge in [0.1, 0.15) is 5.82 Å². The van der Waals surface area contributed by atoms with E-state index in [9.17, 15) is 10.1 Å². The Hall–Kier alpha value is -2.70.